The first-order valence-electron chi connectivity index (χ1n) is 4.13. The van der Waals surface area contributed by atoms with E-state index in [0.29, 0.717) is 14.5 Å². The minimum Gasteiger partial charge on any atom is -0.0916 e. The number of halogens is 4. The van der Waals surface area contributed by atoms with Crippen LogP contribution in [0.3, 0.4) is 0 Å². The van der Waals surface area contributed by atoms with Gasteiger partial charge in [0.25, 0.3) is 0 Å². The lowest BCUT2D eigenvalue weighted by Gasteiger charge is -2.32. The number of hydrogen-bond acceptors (Lipinski definition) is 0. The second-order valence-electron chi connectivity index (χ2n) is 3.28. The molecule has 0 nitrogen and oxygen atoms in total. The molecule has 0 N–H and O–H groups in total. The van der Waals surface area contributed by atoms with E-state index in [1.165, 1.54) is 19.3 Å². The molecule has 0 aromatic rings. The molecule has 0 unspecified atom stereocenters. The summed E-state index contributed by atoms with van der Waals surface area (Å²) >= 11 is 14.6. The molecule has 4 atom stereocenters. The average molecular weight is 428 g/mol. The van der Waals surface area contributed by atoms with E-state index in [1.54, 1.807) is 0 Å². The Balaban J connectivity index is 2.39. The Kier molecular flexibility index (Phi) is 5.71. The molecule has 0 heterocycles. The average Bonchev–Trinajstić information content (AvgIpc) is 2.08. The first-order valence-corrected chi connectivity index (χ1v) is 8.00. The van der Waals surface area contributed by atoms with Crippen LogP contribution in [0.15, 0.2) is 0 Å². The van der Waals surface area contributed by atoms with Gasteiger partial charge in [0.15, 0.2) is 0 Å². The van der Waals surface area contributed by atoms with Gasteiger partial charge in [-0.2, -0.15) is 0 Å². The minimum atomic E-state index is 0.637. The second-order valence-corrected chi connectivity index (χ2v) is 7.45. The molecule has 0 amide bonds. The summed E-state index contributed by atoms with van der Waals surface area (Å²) in [5.74, 6) is 0.822. The molecule has 1 aliphatic rings. The third kappa shape index (κ3) is 3.25. The van der Waals surface area contributed by atoms with Crippen LogP contribution in [0.5, 0.6) is 0 Å². The highest BCUT2D eigenvalue weighted by Gasteiger charge is 2.30. The third-order valence-electron chi connectivity index (χ3n) is 2.39. The monoisotopic (exact) mass is 424 g/mol. The molecule has 0 saturated heterocycles. The topological polar surface area (TPSA) is 0 Å². The lowest BCUT2D eigenvalue weighted by Crippen LogP contribution is -2.30. The van der Waals surface area contributed by atoms with Crippen LogP contribution in [0.2, 0.25) is 0 Å². The van der Waals surface area contributed by atoms with E-state index in [0.717, 1.165) is 11.2 Å². The summed E-state index contributed by atoms with van der Waals surface area (Å²) in [5.41, 5.74) is 0. The number of alkyl halides is 4. The third-order valence-corrected chi connectivity index (χ3v) is 7.85. The molecule has 4 heteroatoms. The van der Waals surface area contributed by atoms with Crippen LogP contribution in [-0.4, -0.2) is 19.8 Å². The molecular weight excluding hydrogens is 416 g/mol. The second kappa shape index (κ2) is 5.72. The Labute approximate surface area is 108 Å². The molecule has 0 aromatic heterocycles. The lowest BCUT2D eigenvalue weighted by atomic mass is 9.87. The maximum absolute atomic E-state index is 3.71. The Morgan fingerprint density at radius 3 is 2.33 bits per heavy atom. The summed E-state index contributed by atoms with van der Waals surface area (Å²) in [6.45, 7) is 0. The Morgan fingerprint density at radius 2 is 1.83 bits per heavy atom. The van der Waals surface area contributed by atoms with Gasteiger partial charge >= 0.3 is 0 Å². The summed E-state index contributed by atoms with van der Waals surface area (Å²) in [5, 5.41) is 1.06. The van der Waals surface area contributed by atoms with Gasteiger partial charge in [-0.15, -0.1) is 0 Å². The molecule has 1 aliphatic carbocycles. The van der Waals surface area contributed by atoms with E-state index in [-0.39, 0.29) is 0 Å². The molecule has 0 aliphatic heterocycles. The van der Waals surface area contributed by atoms with Gasteiger partial charge in [-0.25, -0.2) is 0 Å². The van der Waals surface area contributed by atoms with Crippen LogP contribution in [0.25, 0.3) is 0 Å². The summed E-state index contributed by atoms with van der Waals surface area (Å²) in [7, 11) is 0. The van der Waals surface area contributed by atoms with Crippen molar-refractivity contribution in [2.45, 2.75) is 33.7 Å². The van der Waals surface area contributed by atoms with Crippen molar-refractivity contribution in [2.75, 3.05) is 5.33 Å². The van der Waals surface area contributed by atoms with Crippen molar-refractivity contribution >= 4 is 63.7 Å². The Bertz CT molecular complexity index is 139. The van der Waals surface area contributed by atoms with E-state index in [1.807, 2.05) is 0 Å². The molecule has 0 spiro atoms. The summed E-state index contributed by atoms with van der Waals surface area (Å²) < 4.78 is 0. The fraction of sp³-hybridized carbons (Fsp3) is 1.00. The maximum Gasteiger partial charge on any atom is 0.0274 e. The zero-order valence-corrected chi connectivity index (χ0v) is 13.0. The van der Waals surface area contributed by atoms with Crippen molar-refractivity contribution in [1.82, 2.24) is 0 Å². The first-order chi connectivity index (χ1) is 5.65. The molecule has 1 rings (SSSR count). The van der Waals surface area contributed by atoms with Gasteiger partial charge in [0.1, 0.15) is 0 Å². The van der Waals surface area contributed by atoms with Crippen molar-refractivity contribution in [1.29, 1.82) is 0 Å². The molecule has 1 saturated carbocycles. The molecule has 1 fully saturated rings. The van der Waals surface area contributed by atoms with Crippen LogP contribution in [0.4, 0.5) is 0 Å². The van der Waals surface area contributed by atoms with Crippen LogP contribution in [0.1, 0.15) is 19.3 Å². The fourth-order valence-corrected chi connectivity index (χ4v) is 3.80. The predicted molar refractivity (Wildman–Crippen MR) is 69.3 cm³/mol. The highest BCUT2D eigenvalue weighted by Crippen LogP contribution is 2.37. The highest BCUT2D eigenvalue weighted by atomic mass is 79.9. The van der Waals surface area contributed by atoms with Gasteiger partial charge in [0.05, 0.1) is 0 Å². The van der Waals surface area contributed by atoms with Gasteiger partial charge in [0.2, 0.25) is 0 Å². The van der Waals surface area contributed by atoms with Gasteiger partial charge in [0, 0.05) is 19.8 Å². The molecular formula is C8H12Br4. The molecule has 0 aromatic carbocycles. The van der Waals surface area contributed by atoms with E-state index in [9.17, 15) is 0 Å². The molecule has 0 radical (unpaired) electrons. The maximum atomic E-state index is 3.71. The largest absolute Gasteiger partial charge is 0.0916 e. The molecule has 72 valence electrons. The quantitative estimate of drug-likeness (QED) is 0.570. The van der Waals surface area contributed by atoms with Gasteiger partial charge in [-0.05, 0) is 25.2 Å². The number of rotatable bonds is 2. The smallest absolute Gasteiger partial charge is 0.0274 e. The van der Waals surface area contributed by atoms with Crippen molar-refractivity contribution in [3.8, 4) is 0 Å². The van der Waals surface area contributed by atoms with Gasteiger partial charge in [-0.3, -0.25) is 0 Å². The van der Waals surface area contributed by atoms with E-state index in [4.69, 9.17) is 0 Å². The zero-order valence-electron chi connectivity index (χ0n) is 6.65. The van der Waals surface area contributed by atoms with Gasteiger partial charge in [-0.1, -0.05) is 63.7 Å². The highest BCUT2D eigenvalue weighted by molar-refractivity contribution is 9.12. The normalized spacial score (nSPS) is 39.5. The lowest BCUT2D eigenvalue weighted by molar-refractivity contribution is 0.383. The van der Waals surface area contributed by atoms with E-state index < -0.39 is 0 Å². The van der Waals surface area contributed by atoms with Crippen LogP contribution in [-0.2, 0) is 0 Å². The van der Waals surface area contributed by atoms with Gasteiger partial charge < -0.3 is 0 Å². The van der Waals surface area contributed by atoms with Crippen molar-refractivity contribution in [3.05, 3.63) is 0 Å². The van der Waals surface area contributed by atoms with Crippen LogP contribution < -0.4 is 0 Å². The SMILES string of the molecule is BrC[C@@H](Br)[C@@H]1CC[C@@H](Br)[C@@H](Br)C1. The summed E-state index contributed by atoms with van der Waals surface area (Å²) in [6.07, 6.45) is 3.90. The zero-order chi connectivity index (χ0) is 9.14. The van der Waals surface area contributed by atoms with E-state index >= 15 is 0 Å². The molecule has 12 heavy (non-hydrogen) atoms. The Morgan fingerprint density at radius 1 is 1.17 bits per heavy atom. The standard InChI is InChI=1S/C8H12Br4/c9-4-8(12)5-1-2-6(10)7(11)3-5/h5-8H,1-4H2/t5-,6-,7+,8-/m1/s1. The van der Waals surface area contributed by atoms with Crippen LogP contribution in [0, 0.1) is 5.92 Å². The predicted octanol–water partition coefficient (Wildman–Crippen LogP) is 4.47. The van der Waals surface area contributed by atoms with Crippen molar-refractivity contribution in [3.63, 3.8) is 0 Å². The summed E-state index contributed by atoms with van der Waals surface area (Å²) in [4.78, 5) is 1.96. The fourth-order valence-electron chi connectivity index (χ4n) is 1.56. The van der Waals surface area contributed by atoms with Crippen molar-refractivity contribution < 1.29 is 0 Å². The summed E-state index contributed by atoms with van der Waals surface area (Å²) in [6, 6.07) is 0. The first kappa shape index (κ1) is 12.0. The minimum absolute atomic E-state index is 0.637. The van der Waals surface area contributed by atoms with Crippen molar-refractivity contribution in [2.24, 2.45) is 5.92 Å². The van der Waals surface area contributed by atoms with Crippen LogP contribution >= 0.6 is 63.7 Å². The molecule has 0 bridgehead atoms. The number of hydrogen-bond donors (Lipinski definition) is 0. The Hall–Kier alpha value is 1.92. The van der Waals surface area contributed by atoms with E-state index in [2.05, 4.69) is 63.7 Å².